The number of fused-ring (bicyclic) bond motifs is 1. The van der Waals surface area contributed by atoms with E-state index in [1.807, 2.05) is 0 Å². The van der Waals surface area contributed by atoms with E-state index in [1.165, 1.54) is 17.3 Å². The molecular formula is C12H13N3O2. The van der Waals surface area contributed by atoms with Gasteiger partial charge in [-0.05, 0) is 25.3 Å². The molecule has 1 saturated carbocycles. The van der Waals surface area contributed by atoms with E-state index >= 15 is 0 Å². The van der Waals surface area contributed by atoms with Gasteiger partial charge in [0, 0.05) is 18.4 Å². The van der Waals surface area contributed by atoms with Gasteiger partial charge in [-0.15, -0.1) is 0 Å². The van der Waals surface area contributed by atoms with Crippen molar-refractivity contribution in [3.8, 4) is 0 Å². The number of nitrogens with zero attached hydrogens (tertiary/aromatic N) is 2. The second-order valence-corrected chi connectivity index (χ2v) is 4.56. The zero-order valence-corrected chi connectivity index (χ0v) is 9.30. The minimum atomic E-state index is -0.250. The highest BCUT2D eigenvalue weighted by Crippen LogP contribution is 2.30. The molecule has 2 aliphatic rings. The lowest BCUT2D eigenvalue weighted by molar-refractivity contribution is 0.0575. The van der Waals surface area contributed by atoms with Crippen molar-refractivity contribution in [3.05, 3.63) is 29.6 Å². The molecule has 1 aromatic heterocycles. The van der Waals surface area contributed by atoms with Crippen LogP contribution >= 0.6 is 0 Å². The van der Waals surface area contributed by atoms with Gasteiger partial charge in [-0.2, -0.15) is 0 Å². The quantitative estimate of drug-likeness (QED) is 0.716. The van der Waals surface area contributed by atoms with Gasteiger partial charge in [0.2, 0.25) is 0 Å². The number of imide groups is 1. The molecular weight excluding hydrogens is 218 g/mol. The summed E-state index contributed by atoms with van der Waals surface area (Å²) in [6.45, 7) is 0. The van der Waals surface area contributed by atoms with Gasteiger partial charge in [0.25, 0.3) is 11.8 Å². The third kappa shape index (κ3) is 1.39. The lowest BCUT2D eigenvalue weighted by Gasteiger charge is -2.25. The molecule has 3 rings (SSSR count). The second-order valence-electron chi connectivity index (χ2n) is 4.56. The zero-order chi connectivity index (χ0) is 12.0. The molecule has 1 aromatic rings. The molecule has 2 atom stereocenters. The van der Waals surface area contributed by atoms with Gasteiger partial charge in [0.05, 0.1) is 17.2 Å². The lowest BCUT2D eigenvalue weighted by Crippen LogP contribution is -2.47. The lowest BCUT2D eigenvalue weighted by atomic mass is 10.1. The van der Waals surface area contributed by atoms with E-state index in [0.29, 0.717) is 11.1 Å². The first-order valence-electron chi connectivity index (χ1n) is 5.77. The Bertz CT molecular complexity index is 465. The Balaban J connectivity index is 2.00. The first-order chi connectivity index (χ1) is 8.20. The number of pyridine rings is 1. The summed E-state index contributed by atoms with van der Waals surface area (Å²) in [6.07, 6.45) is 5.63. The van der Waals surface area contributed by atoms with Gasteiger partial charge >= 0.3 is 0 Å². The molecule has 2 N–H and O–H groups in total. The molecule has 0 radical (unpaired) electrons. The SMILES string of the molecule is NC1CCCC1N1C(=O)c2ccncc2C1=O. The minimum Gasteiger partial charge on any atom is -0.326 e. The monoisotopic (exact) mass is 231 g/mol. The number of aromatic nitrogens is 1. The van der Waals surface area contributed by atoms with E-state index < -0.39 is 0 Å². The molecule has 17 heavy (non-hydrogen) atoms. The van der Waals surface area contributed by atoms with Gasteiger partial charge in [-0.1, -0.05) is 0 Å². The summed E-state index contributed by atoms with van der Waals surface area (Å²) in [4.78, 5) is 29.5. The maximum atomic E-state index is 12.2. The van der Waals surface area contributed by atoms with Crippen LogP contribution in [0.1, 0.15) is 40.0 Å². The van der Waals surface area contributed by atoms with Gasteiger partial charge in [0.15, 0.2) is 0 Å². The summed E-state index contributed by atoms with van der Waals surface area (Å²) >= 11 is 0. The first-order valence-corrected chi connectivity index (χ1v) is 5.77. The van der Waals surface area contributed by atoms with Crippen molar-refractivity contribution in [2.45, 2.75) is 31.3 Å². The van der Waals surface area contributed by atoms with E-state index in [0.717, 1.165) is 19.3 Å². The molecule has 2 heterocycles. The standard InChI is InChI=1S/C12H13N3O2/c13-9-2-1-3-10(9)15-11(16)7-4-5-14-6-8(7)12(15)17/h4-6,9-10H,1-3,13H2. The molecule has 1 aliphatic carbocycles. The first kappa shape index (κ1) is 10.4. The number of carbonyl (C=O) groups excluding carboxylic acids is 2. The highest BCUT2D eigenvalue weighted by molar-refractivity contribution is 6.21. The molecule has 2 unspecified atom stereocenters. The molecule has 1 fully saturated rings. The summed E-state index contributed by atoms with van der Waals surface area (Å²) in [6, 6.07) is 1.35. The average molecular weight is 231 g/mol. The number of nitrogens with two attached hydrogens (primary N) is 1. The van der Waals surface area contributed by atoms with Crippen LogP contribution in [-0.2, 0) is 0 Å². The maximum Gasteiger partial charge on any atom is 0.263 e. The van der Waals surface area contributed by atoms with E-state index in [-0.39, 0.29) is 23.9 Å². The summed E-state index contributed by atoms with van der Waals surface area (Å²) in [7, 11) is 0. The van der Waals surface area contributed by atoms with Crippen molar-refractivity contribution in [2.75, 3.05) is 0 Å². The molecule has 5 nitrogen and oxygen atoms in total. The van der Waals surface area contributed by atoms with Crippen LogP contribution < -0.4 is 5.73 Å². The number of amides is 2. The number of hydrogen-bond acceptors (Lipinski definition) is 4. The largest absolute Gasteiger partial charge is 0.326 e. The van der Waals surface area contributed by atoms with Crippen LogP contribution in [0.5, 0.6) is 0 Å². The Hall–Kier alpha value is -1.75. The van der Waals surface area contributed by atoms with Crippen molar-refractivity contribution in [1.82, 2.24) is 9.88 Å². The van der Waals surface area contributed by atoms with Gasteiger partial charge < -0.3 is 5.73 Å². The van der Waals surface area contributed by atoms with Gasteiger partial charge in [-0.25, -0.2) is 0 Å². The molecule has 0 spiro atoms. The maximum absolute atomic E-state index is 12.2. The van der Waals surface area contributed by atoms with Crippen LogP contribution in [0.2, 0.25) is 0 Å². The predicted octanol–water partition coefficient (Wildman–Crippen LogP) is 0.557. The summed E-state index contributed by atoms with van der Waals surface area (Å²) in [5.74, 6) is -0.477. The van der Waals surface area contributed by atoms with E-state index in [1.54, 1.807) is 6.07 Å². The predicted molar refractivity (Wildman–Crippen MR) is 60.4 cm³/mol. The van der Waals surface area contributed by atoms with E-state index in [4.69, 9.17) is 5.73 Å². The van der Waals surface area contributed by atoms with Gasteiger partial charge in [0.1, 0.15) is 0 Å². The fraction of sp³-hybridized carbons (Fsp3) is 0.417. The van der Waals surface area contributed by atoms with Crippen molar-refractivity contribution in [2.24, 2.45) is 5.73 Å². The number of rotatable bonds is 1. The van der Waals surface area contributed by atoms with Crippen LogP contribution in [0.15, 0.2) is 18.5 Å². The fourth-order valence-corrected chi connectivity index (χ4v) is 2.69. The molecule has 5 heteroatoms. The third-order valence-electron chi connectivity index (χ3n) is 3.58. The van der Waals surface area contributed by atoms with Crippen LogP contribution in [-0.4, -0.2) is 33.8 Å². The second kappa shape index (κ2) is 3.63. The van der Waals surface area contributed by atoms with Crippen LogP contribution in [0.3, 0.4) is 0 Å². The molecule has 0 bridgehead atoms. The molecule has 88 valence electrons. The summed E-state index contributed by atoms with van der Waals surface area (Å²) < 4.78 is 0. The van der Waals surface area contributed by atoms with Crippen LogP contribution in [0, 0.1) is 0 Å². The van der Waals surface area contributed by atoms with Crippen LogP contribution in [0.25, 0.3) is 0 Å². The normalized spacial score (nSPS) is 27.7. The summed E-state index contributed by atoms with van der Waals surface area (Å²) in [5, 5.41) is 0. The van der Waals surface area contributed by atoms with Gasteiger partial charge in [-0.3, -0.25) is 19.5 Å². The zero-order valence-electron chi connectivity index (χ0n) is 9.30. The minimum absolute atomic E-state index is 0.0924. The molecule has 0 saturated heterocycles. The van der Waals surface area contributed by atoms with Crippen molar-refractivity contribution in [3.63, 3.8) is 0 Å². The number of hydrogen-bond donors (Lipinski definition) is 1. The summed E-state index contributed by atoms with van der Waals surface area (Å²) in [5.41, 5.74) is 6.80. The van der Waals surface area contributed by atoms with E-state index in [2.05, 4.69) is 4.98 Å². The smallest absolute Gasteiger partial charge is 0.263 e. The Morgan fingerprint density at radius 2 is 2.00 bits per heavy atom. The molecule has 1 aliphatic heterocycles. The van der Waals surface area contributed by atoms with Crippen molar-refractivity contribution in [1.29, 1.82) is 0 Å². The Kier molecular flexibility index (Phi) is 2.22. The Morgan fingerprint density at radius 3 is 2.65 bits per heavy atom. The van der Waals surface area contributed by atoms with Crippen molar-refractivity contribution >= 4 is 11.8 Å². The Labute approximate surface area is 98.6 Å². The van der Waals surface area contributed by atoms with Crippen molar-refractivity contribution < 1.29 is 9.59 Å². The highest BCUT2D eigenvalue weighted by Gasteiger charge is 2.43. The topological polar surface area (TPSA) is 76.3 Å². The van der Waals surface area contributed by atoms with E-state index in [9.17, 15) is 9.59 Å². The average Bonchev–Trinajstić information content (AvgIpc) is 2.84. The Morgan fingerprint density at radius 1 is 1.24 bits per heavy atom. The number of carbonyl (C=O) groups is 2. The highest BCUT2D eigenvalue weighted by atomic mass is 16.2. The molecule has 0 aromatic carbocycles. The third-order valence-corrected chi connectivity index (χ3v) is 3.58. The molecule has 2 amide bonds. The fourth-order valence-electron chi connectivity index (χ4n) is 2.69. The van der Waals surface area contributed by atoms with Crippen LogP contribution in [0.4, 0.5) is 0 Å².